The zero-order valence-corrected chi connectivity index (χ0v) is 35.8. The maximum Gasteiger partial charge on any atom is 0.230 e. The molecule has 0 amide bonds. The Hall–Kier alpha value is -5.31. The summed E-state index contributed by atoms with van der Waals surface area (Å²) in [6.07, 6.45) is 1.91. The SMILES string of the molecule is Cc1cc(C)c(-c2cc(-c3[c-]c(-c4cc(C(C)(C)C)cc5c(-c6ccccc6)ccnc45)ccc3)c3nc(-c4cc(C(C)(C)C)ccc4O)oc3c2)c(C)c1.[Pt]. The minimum atomic E-state index is -0.117. The minimum Gasteiger partial charge on any atom is -0.507 e. The molecule has 5 heteroatoms. The minimum absolute atomic E-state index is 0. The van der Waals surface area contributed by atoms with Gasteiger partial charge in [0.25, 0.3) is 0 Å². The molecule has 0 aliphatic carbocycles. The number of rotatable bonds is 5. The van der Waals surface area contributed by atoms with Gasteiger partial charge < -0.3 is 9.52 Å². The van der Waals surface area contributed by atoms with Gasteiger partial charge in [-0.25, -0.2) is 4.98 Å². The second-order valence-electron chi connectivity index (χ2n) is 17.0. The van der Waals surface area contributed by atoms with Crippen LogP contribution in [0.25, 0.3) is 78.0 Å². The first kappa shape index (κ1) is 38.9. The van der Waals surface area contributed by atoms with Crippen LogP contribution in [0.1, 0.15) is 69.4 Å². The molecule has 56 heavy (non-hydrogen) atoms. The van der Waals surface area contributed by atoms with Gasteiger partial charge in [-0.05, 0) is 106 Å². The summed E-state index contributed by atoms with van der Waals surface area (Å²) in [4.78, 5) is 10.1. The van der Waals surface area contributed by atoms with Crippen LogP contribution in [0.15, 0.2) is 120 Å². The molecule has 4 nitrogen and oxygen atoms in total. The number of phenols is 1. The third-order valence-electron chi connectivity index (χ3n) is 10.7. The first-order chi connectivity index (χ1) is 26.2. The van der Waals surface area contributed by atoms with Gasteiger partial charge in [0.05, 0.1) is 11.1 Å². The third-order valence-corrected chi connectivity index (χ3v) is 10.7. The quantitative estimate of drug-likeness (QED) is 0.175. The van der Waals surface area contributed by atoms with Gasteiger partial charge >= 0.3 is 0 Å². The molecule has 2 heterocycles. The number of aryl methyl sites for hydroxylation is 3. The summed E-state index contributed by atoms with van der Waals surface area (Å²) in [6.45, 7) is 19.7. The van der Waals surface area contributed by atoms with E-state index in [-0.39, 0.29) is 37.6 Å². The van der Waals surface area contributed by atoms with Crippen molar-refractivity contribution in [1.82, 2.24) is 9.97 Å². The number of fused-ring (bicyclic) bond motifs is 2. The number of oxazole rings is 1. The Labute approximate surface area is 345 Å². The molecular weight excluding hydrogens is 868 g/mol. The Morgan fingerprint density at radius 3 is 1.89 bits per heavy atom. The van der Waals surface area contributed by atoms with Crippen molar-refractivity contribution in [2.45, 2.75) is 73.1 Å². The fourth-order valence-electron chi connectivity index (χ4n) is 7.85. The molecule has 1 N–H and O–H groups in total. The summed E-state index contributed by atoms with van der Waals surface area (Å²) in [6, 6.07) is 41.8. The van der Waals surface area contributed by atoms with Crippen LogP contribution < -0.4 is 0 Å². The van der Waals surface area contributed by atoms with E-state index in [9.17, 15) is 5.11 Å². The fourth-order valence-corrected chi connectivity index (χ4v) is 7.85. The second kappa shape index (κ2) is 14.6. The standard InChI is InChI=1S/C51H47N2O2.Pt/c1-30-22-31(2)46(32(3)23-30)36-25-40(48-45(26-36)55-49(53-48)43-27-37(50(4,5)6)18-19-44(43)54)34-16-13-17-35(24-34)41-28-38(51(7,8)9)29-42-39(20-21-52-47(41)42)33-14-11-10-12-15-33;/h10-23,25-29,54H,1-9H3;/q-1;. The summed E-state index contributed by atoms with van der Waals surface area (Å²) in [5.74, 6) is 0.514. The van der Waals surface area contributed by atoms with Crippen LogP contribution >= 0.6 is 0 Å². The van der Waals surface area contributed by atoms with E-state index in [0.717, 1.165) is 55.4 Å². The maximum absolute atomic E-state index is 11.1. The Morgan fingerprint density at radius 1 is 0.589 bits per heavy atom. The maximum atomic E-state index is 11.1. The average molecular weight is 915 g/mol. The number of hydrogen-bond donors (Lipinski definition) is 1. The van der Waals surface area contributed by atoms with Crippen LogP contribution in [0.5, 0.6) is 5.75 Å². The van der Waals surface area contributed by atoms with Crippen LogP contribution in [-0.2, 0) is 31.9 Å². The van der Waals surface area contributed by atoms with Crippen LogP contribution in [0, 0.1) is 26.8 Å². The predicted octanol–water partition coefficient (Wildman–Crippen LogP) is 13.7. The largest absolute Gasteiger partial charge is 0.507 e. The molecule has 284 valence electrons. The molecule has 0 bridgehead atoms. The molecule has 0 fully saturated rings. The zero-order chi connectivity index (χ0) is 38.8. The van der Waals surface area contributed by atoms with Crippen LogP contribution in [0.3, 0.4) is 0 Å². The molecule has 6 aromatic carbocycles. The van der Waals surface area contributed by atoms with Crippen LogP contribution in [0.2, 0.25) is 0 Å². The van der Waals surface area contributed by atoms with Crippen LogP contribution in [-0.4, -0.2) is 15.1 Å². The zero-order valence-electron chi connectivity index (χ0n) is 33.5. The Kier molecular flexibility index (Phi) is 10.2. The van der Waals surface area contributed by atoms with Gasteiger partial charge in [0.1, 0.15) is 11.3 Å². The predicted molar refractivity (Wildman–Crippen MR) is 229 cm³/mol. The Balaban J connectivity index is 0.00000480. The van der Waals surface area contributed by atoms with Gasteiger partial charge in [-0.1, -0.05) is 119 Å². The van der Waals surface area contributed by atoms with Gasteiger partial charge in [-0.2, -0.15) is 0 Å². The van der Waals surface area contributed by atoms with E-state index in [2.05, 4.69) is 159 Å². The Morgan fingerprint density at radius 2 is 1.23 bits per heavy atom. The summed E-state index contributed by atoms with van der Waals surface area (Å²) >= 11 is 0. The number of aromatic hydroxyl groups is 1. The van der Waals surface area contributed by atoms with Gasteiger partial charge in [0.15, 0.2) is 0 Å². The van der Waals surface area contributed by atoms with E-state index in [1.54, 1.807) is 6.07 Å². The number of phenolic OH excluding ortho intramolecular Hbond substituents is 1. The number of pyridine rings is 1. The van der Waals surface area contributed by atoms with Crippen LogP contribution in [0.4, 0.5) is 0 Å². The second-order valence-corrected chi connectivity index (χ2v) is 17.0. The smallest absolute Gasteiger partial charge is 0.230 e. The summed E-state index contributed by atoms with van der Waals surface area (Å²) in [7, 11) is 0. The normalized spacial score (nSPS) is 11.9. The number of aromatic nitrogens is 2. The van der Waals surface area contributed by atoms with Crippen molar-refractivity contribution in [2.24, 2.45) is 0 Å². The molecule has 2 aromatic heterocycles. The molecule has 8 aromatic rings. The summed E-state index contributed by atoms with van der Waals surface area (Å²) in [5, 5.41) is 12.2. The van der Waals surface area contributed by atoms with Gasteiger partial charge in [-0.3, -0.25) is 4.98 Å². The summed E-state index contributed by atoms with van der Waals surface area (Å²) < 4.78 is 6.62. The molecule has 0 aliphatic heterocycles. The molecule has 8 rings (SSSR count). The topological polar surface area (TPSA) is 59.2 Å². The number of nitrogens with zero attached hydrogens (tertiary/aromatic N) is 2. The molecule has 0 saturated carbocycles. The van der Waals surface area contributed by atoms with Crippen molar-refractivity contribution in [2.75, 3.05) is 0 Å². The van der Waals surface area contributed by atoms with Crippen molar-refractivity contribution in [1.29, 1.82) is 0 Å². The fraction of sp³-hybridized carbons (Fsp3) is 0.216. The monoisotopic (exact) mass is 914 g/mol. The van der Waals surface area contributed by atoms with Crippen molar-refractivity contribution in [3.63, 3.8) is 0 Å². The van der Waals surface area contributed by atoms with Crippen molar-refractivity contribution in [3.05, 3.63) is 149 Å². The first-order valence-corrected chi connectivity index (χ1v) is 19.0. The van der Waals surface area contributed by atoms with Crippen molar-refractivity contribution in [3.8, 4) is 61.7 Å². The van der Waals surface area contributed by atoms with E-state index < -0.39 is 0 Å². The molecule has 0 atom stereocenters. The van der Waals surface area contributed by atoms with E-state index in [4.69, 9.17) is 14.4 Å². The van der Waals surface area contributed by atoms with E-state index in [1.807, 2.05) is 18.3 Å². The molecule has 0 aliphatic rings. The van der Waals surface area contributed by atoms with E-state index in [1.165, 1.54) is 27.8 Å². The van der Waals surface area contributed by atoms with E-state index in [0.29, 0.717) is 22.6 Å². The van der Waals surface area contributed by atoms with Gasteiger partial charge in [0, 0.05) is 38.2 Å². The van der Waals surface area contributed by atoms with Crippen molar-refractivity contribution >= 4 is 22.0 Å². The molecular formula is C51H47N2O2Pt-. The molecule has 0 saturated heterocycles. The van der Waals surface area contributed by atoms with E-state index >= 15 is 0 Å². The summed E-state index contributed by atoms with van der Waals surface area (Å²) in [5.41, 5.74) is 16.9. The Bertz CT molecular complexity index is 2740. The average Bonchev–Trinajstić information content (AvgIpc) is 3.57. The number of hydrogen-bond acceptors (Lipinski definition) is 4. The number of benzene rings is 6. The first-order valence-electron chi connectivity index (χ1n) is 19.0. The molecule has 0 spiro atoms. The van der Waals surface area contributed by atoms with Gasteiger partial charge in [0.2, 0.25) is 5.89 Å². The van der Waals surface area contributed by atoms with Gasteiger partial charge in [-0.15, -0.1) is 35.4 Å². The van der Waals surface area contributed by atoms with Crippen molar-refractivity contribution < 1.29 is 30.6 Å². The third kappa shape index (κ3) is 7.24. The molecule has 0 radical (unpaired) electrons. The molecule has 0 unspecified atom stereocenters.